The molecule has 7 heteroatoms. The van der Waals surface area contributed by atoms with E-state index in [0.717, 1.165) is 18.4 Å². The SMILES string of the molecule is C[C@@H](O)C1C[C@@H](c2cccc(Cl)c2F)[C@@]2(C(=O)Nc3cc(Cl)ccc32)N1CC1CC1. The number of hydrogen-bond donors (Lipinski definition) is 2. The minimum atomic E-state index is -1.12. The topological polar surface area (TPSA) is 52.6 Å². The van der Waals surface area contributed by atoms with E-state index >= 15 is 4.39 Å². The molecule has 0 bridgehead atoms. The van der Waals surface area contributed by atoms with E-state index in [2.05, 4.69) is 10.2 Å². The van der Waals surface area contributed by atoms with Crippen LogP contribution in [-0.2, 0) is 10.3 Å². The Labute approximate surface area is 185 Å². The predicted molar refractivity (Wildman–Crippen MR) is 115 cm³/mol. The molecule has 0 radical (unpaired) electrons. The van der Waals surface area contributed by atoms with Crippen LogP contribution in [0.2, 0.25) is 10.0 Å². The molecule has 3 aliphatic rings. The van der Waals surface area contributed by atoms with E-state index in [1.165, 1.54) is 6.07 Å². The van der Waals surface area contributed by atoms with Gasteiger partial charge < -0.3 is 10.4 Å². The van der Waals surface area contributed by atoms with Crippen molar-refractivity contribution in [3.8, 4) is 0 Å². The average Bonchev–Trinajstić information content (AvgIpc) is 3.38. The molecule has 1 saturated carbocycles. The number of carbonyl (C=O) groups is 1. The van der Waals surface area contributed by atoms with Gasteiger partial charge in [0.2, 0.25) is 5.91 Å². The minimum absolute atomic E-state index is 0.0339. The Balaban J connectivity index is 1.76. The number of anilines is 1. The lowest BCUT2D eigenvalue weighted by molar-refractivity contribution is -0.128. The van der Waals surface area contributed by atoms with Crippen LogP contribution in [0.3, 0.4) is 0 Å². The number of carbonyl (C=O) groups excluding carboxylic acids is 1. The molecule has 5 rings (SSSR count). The summed E-state index contributed by atoms with van der Waals surface area (Å²) in [6.07, 6.45) is 1.99. The van der Waals surface area contributed by atoms with Crippen LogP contribution in [0.5, 0.6) is 0 Å². The molecule has 0 aromatic heterocycles. The van der Waals surface area contributed by atoms with Gasteiger partial charge in [0, 0.05) is 34.8 Å². The maximum atomic E-state index is 15.2. The minimum Gasteiger partial charge on any atom is -0.392 e. The number of fused-ring (bicyclic) bond motifs is 2. The Hall–Kier alpha value is -1.66. The Morgan fingerprint density at radius 2 is 2.07 bits per heavy atom. The van der Waals surface area contributed by atoms with Gasteiger partial charge >= 0.3 is 0 Å². The quantitative estimate of drug-likeness (QED) is 0.696. The number of amides is 1. The number of likely N-dealkylation sites (tertiary alicyclic amines) is 1. The fourth-order valence-electron chi connectivity index (χ4n) is 5.38. The van der Waals surface area contributed by atoms with Crippen LogP contribution in [0.1, 0.15) is 43.2 Å². The summed E-state index contributed by atoms with van der Waals surface area (Å²) in [6, 6.07) is 10.0. The van der Waals surface area contributed by atoms with E-state index in [-0.39, 0.29) is 17.0 Å². The van der Waals surface area contributed by atoms with E-state index in [0.29, 0.717) is 35.2 Å². The van der Waals surface area contributed by atoms with Crippen molar-refractivity contribution in [3.05, 3.63) is 63.4 Å². The van der Waals surface area contributed by atoms with Crippen LogP contribution in [0.25, 0.3) is 0 Å². The third kappa shape index (κ3) is 2.90. The summed E-state index contributed by atoms with van der Waals surface area (Å²) in [5, 5.41) is 14.2. The molecule has 2 fully saturated rings. The molecule has 1 spiro atoms. The molecular formula is C23H23Cl2FN2O2. The number of nitrogens with zero attached hydrogens (tertiary/aromatic N) is 1. The van der Waals surface area contributed by atoms with Crippen LogP contribution in [0.15, 0.2) is 36.4 Å². The maximum absolute atomic E-state index is 15.2. The van der Waals surface area contributed by atoms with Crippen molar-refractivity contribution in [2.75, 3.05) is 11.9 Å². The molecular weight excluding hydrogens is 426 g/mol. The van der Waals surface area contributed by atoms with E-state index in [1.54, 1.807) is 31.2 Å². The van der Waals surface area contributed by atoms with E-state index < -0.39 is 23.4 Å². The maximum Gasteiger partial charge on any atom is 0.250 e. The number of nitrogens with one attached hydrogen (secondary N) is 1. The van der Waals surface area contributed by atoms with Gasteiger partial charge in [0.25, 0.3) is 0 Å². The molecule has 1 amide bonds. The van der Waals surface area contributed by atoms with Gasteiger partial charge in [-0.25, -0.2) is 4.39 Å². The first-order valence-electron chi connectivity index (χ1n) is 10.3. The normalized spacial score (nSPS) is 29.3. The average molecular weight is 449 g/mol. The summed E-state index contributed by atoms with van der Waals surface area (Å²) in [4.78, 5) is 15.8. The number of benzene rings is 2. The molecule has 158 valence electrons. The lowest BCUT2D eigenvalue weighted by Crippen LogP contribution is -2.54. The fourth-order valence-corrected chi connectivity index (χ4v) is 5.74. The first kappa shape index (κ1) is 20.3. The third-order valence-electron chi connectivity index (χ3n) is 6.89. The highest BCUT2D eigenvalue weighted by molar-refractivity contribution is 6.31. The number of halogens is 3. The Kier molecular flexibility index (Phi) is 4.86. The van der Waals surface area contributed by atoms with Crippen molar-refractivity contribution < 1.29 is 14.3 Å². The van der Waals surface area contributed by atoms with Crippen molar-refractivity contribution in [1.29, 1.82) is 0 Å². The van der Waals surface area contributed by atoms with Gasteiger partial charge in [-0.3, -0.25) is 9.69 Å². The van der Waals surface area contributed by atoms with Gasteiger partial charge in [-0.2, -0.15) is 0 Å². The van der Waals surface area contributed by atoms with Gasteiger partial charge in [0.05, 0.1) is 11.1 Å². The van der Waals surface area contributed by atoms with Crippen LogP contribution in [0, 0.1) is 11.7 Å². The highest BCUT2D eigenvalue weighted by Gasteiger charge is 2.64. The molecule has 2 aliphatic heterocycles. The number of hydrogen-bond acceptors (Lipinski definition) is 3. The van der Waals surface area contributed by atoms with Crippen molar-refractivity contribution in [2.24, 2.45) is 5.92 Å². The lowest BCUT2D eigenvalue weighted by atomic mass is 9.75. The summed E-state index contributed by atoms with van der Waals surface area (Å²) in [7, 11) is 0. The Morgan fingerprint density at radius 1 is 1.30 bits per heavy atom. The van der Waals surface area contributed by atoms with E-state index in [1.807, 2.05) is 6.07 Å². The van der Waals surface area contributed by atoms with Crippen molar-refractivity contribution >= 4 is 34.8 Å². The summed E-state index contributed by atoms with van der Waals surface area (Å²) >= 11 is 12.3. The predicted octanol–water partition coefficient (Wildman–Crippen LogP) is 4.93. The zero-order valence-electron chi connectivity index (χ0n) is 16.5. The number of aliphatic hydroxyl groups excluding tert-OH is 1. The van der Waals surface area contributed by atoms with Crippen LogP contribution in [-0.4, -0.2) is 34.6 Å². The monoisotopic (exact) mass is 448 g/mol. The van der Waals surface area contributed by atoms with Crippen molar-refractivity contribution in [3.63, 3.8) is 0 Å². The lowest BCUT2D eigenvalue weighted by Gasteiger charge is -2.40. The smallest absolute Gasteiger partial charge is 0.250 e. The first-order valence-corrected chi connectivity index (χ1v) is 11.1. The standard InChI is InChI=1S/C23H23Cl2FN2O2/c1-12(29)20-10-17(15-3-2-4-18(25)21(15)26)23(28(20)11-13-5-6-13)16-8-7-14(24)9-19(16)27-22(23)30/h2-4,7-9,12-13,17,20,29H,5-6,10-11H2,1H3,(H,27,30)/t12-,17+,20?,23+/m1/s1. The second-order valence-corrected chi connectivity index (χ2v) is 9.59. The molecule has 2 aromatic rings. The summed E-state index contributed by atoms with van der Waals surface area (Å²) in [5.41, 5.74) is 0.719. The highest BCUT2D eigenvalue weighted by atomic mass is 35.5. The molecule has 2 N–H and O–H groups in total. The summed E-state index contributed by atoms with van der Waals surface area (Å²) in [5.74, 6) is -0.712. The molecule has 1 aliphatic carbocycles. The largest absolute Gasteiger partial charge is 0.392 e. The fraction of sp³-hybridized carbons (Fsp3) is 0.435. The Morgan fingerprint density at radius 3 is 2.77 bits per heavy atom. The molecule has 1 unspecified atom stereocenters. The zero-order chi connectivity index (χ0) is 21.2. The van der Waals surface area contributed by atoms with Crippen molar-refractivity contribution in [1.82, 2.24) is 4.90 Å². The van der Waals surface area contributed by atoms with Gasteiger partial charge in [-0.05, 0) is 55.9 Å². The molecule has 2 aromatic carbocycles. The van der Waals surface area contributed by atoms with Gasteiger partial charge in [0.15, 0.2) is 0 Å². The van der Waals surface area contributed by atoms with Crippen LogP contribution in [0.4, 0.5) is 10.1 Å². The van der Waals surface area contributed by atoms with E-state index in [4.69, 9.17) is 23.2 Å². The molecule has 4 atom stereocenters. The first-order chi connectivity index (χ1) is 14.3. The molecule has 30 heavy (non-hydrogen) atoms. The second-order valence-electron chi connectivity index (χ2n) is 8.75. The molecule has 1 saturated heterocycles. The van der Waals surface area contributed by atoms with Gasteiger partial charge in [0.1, 0.15) is 11.4 Å². The van der Waals surface area contributed by atoms with Crippen LogP contribution >= 0.6 is 23.2 Å². The highest BCUT2D eigenvalue weighted by Crippen LogP contribution is 2.58. The van der Waals surface area contributed by atoms with Gasteiger partial charge in [-0.1, -0.05) is 41.4 Å². The summed E-state index contributed by atoms with van der Waals surface area (Å²) in [6.45, 7) is 2.42. The number of rotatable bonds is 4. The summed E-state index contributed by atoms with van der Waals surface area (Å²) < 4.78 is 15.2. The zero-order valence-corrected chi connectivity index (χ0v) is 18.1. The Bertz CT molecular complexity index is 1030. The van der Waals surface area contributed by atoms with Crippen LogP contribution < -0.4 is 5.32 Å². The third-order valence-corrected chi connectivity index (χ3v) is 7.41. The van der Waals surface area contributed by atoms with Crippen molar-refractivity contribution in [2.45, 2.75) is 49.8 Å². The second kappa shape index (κ2) is 7.20. The van der Waals surface area contributed by atoms with Gasteiger partial charge in [-0.15, -0.1) is 0 Å². The molecule has 4 nitrogen and oxygen atoms in total. The van der Waals surface area contributed by atoms with E-state index in [9.17, 15) is 9.90 Å². The molecule has 2 heterocycles. The number of aliphatic hydroxyl groups is 1.